The van der Waals surface area contributed by atoms with Gasteiger partial charge >= 0.3 is 0 Å². The van der Waals surface area contributed by atoms with Crippen LogP contribution in [0.15, 0.2) is 18.2 Å². The molecule has 1 atom stereocenters. The van der Waals surface area contributed by atoms with Gasteiger partial charge in [0.2, 0.25) is 0 Å². The zero-order valence-electron chi connectivity index (χ0n) is 12.5. The molecule has 1 aromatic rings. The second-order valence-corrected chi connectivity index (χ2v) is 5.87. The van der Waals surface area contributed by atoms with Crippen LogP contribution in [-0.2, 0) is 4.74 Å². The van der Waals surface area contributed by atoms with Crippen molar-refractivity contribution in [1.82, 2.24) is 5.32 Å². The van der Waals surface area contributed by atoms with E-state index in [1.807, 2.05) is 7.05 Å². The fraction of sp³-hybridized carbons (Fsp3) is 0.647. The van der Waals surface area contributed by atoms with Gasteiger partial charge in [-0.15, -0.1) is 0 Å². The third-order valence-corrected chi connectivity index (χ3v) is 4.39. The molecule has 2 heteroatoms. The van der Waals surface area contributed by atoms with Crippen LogP contribution in [0, 0.1) is 19.8 Å². The third kappa shape index (κ3) is 4.05. The summed E-state index contributed by atoms with van der Waals surface area (Å²) in [4.78, 5) is 0. The summed E-state index contributed by atoms with van der Waals surface area (Å²) >= 11 is 0. The largest absolute Gasteiger partial charge is 0.379 e. The quantitative estimate of drug-likeness (QED) is 0.841. The van der Waals surface area contributed by atoms with Crippen molar-refractivity contribution in [3.8, 4) is 0 Å². The normalized spacial score (nSPS) is 17.8. The van der Waals surface area contributed by atoms with Gasteiger partial charge in [-0.3, -0.25) is 0 Å². The van der Waals surface area contributed by atoms with Crippen molar-refractivity contribution < 1.29 is 4.74 Å². The van der Waals surface area contributed by atoms with Crippen LogP contribution in [-0.4, -0.2) is 20.3 Å². The smallest absolute Gasteiger partial charge is 0.0661 e. The predicted octanol–water partition coefficient (Wildman–Crippen LogP) is 3.77. The highest BCUT2D eigenvalue weighted by Gasteiger charge is 2.16. The second kappa shape index (κ2) is 7.06. The van der Waals surface area contributed by atoms with E-state index >= 15 is 0 Å². The number of rotatable bonds is 6. The van der Waals surface area contributed by atoms with E-state index in [-0.39, 0.29) is 0 Å². The summed E-state index contributed by atoms with van der Waals surface area (Å²) in [6.07, 6.45) is 5.49. The van der Waals surface area contributed by atoms with Gasteiger partial charge in [0.05, 0.1) is 12.6 Å². The van der Waals surface area contributed by atoms with E-state index in [0.717, 1.165) is 19.1 Å². The van der Waals surface area contributed by atoms with E-state index in [9.17, 15) is 0 Å². The van der Waals surface area contributed by atoms with Gasteiger partial charge in [0.1, 0.15) is 0 Å². The van der Waals surface area contributed by atoms with Gasteiger partial charge < -0.3 is 10.1 Å². The molecule has 1 saturated carbocycles. The predicted molar refractivity (Wildman–Crippen MR) is 80.5 cm³/mol. The maximum Gasteiger partial charge on any atom is 0.0661 e. The molecule has 1 N–H and O–H groups in total. The highest BCUT2D eigenvalue weighted by Crippen LogP contribution is 2.25. The Labute approximate surface area is 117 Å². The van der Waals surface area contributed by atoms with Crippen LogP contribution in [0.3, 0.4) is 0 Å². The molecule has 0 spiro atoms. The maximum atomic E-state index is 5.93. The second-order valence-electron chi connectivity index (χ2n) is 5.87. The van der Waals surface area contributed by atoms with Crippen LogP contribution in [0.2, 0.25) is 0 Å². The van der Waals surface area contributed by atoms with Crippen molar-refractivity contribution in [3.63, 3.8) is 0 Å². The van der Waals surface area contributed by atoms with Crippen molar-refractivity contribution >= 4 is 0 Å². The lowest BCUT2D eigenvalue weighted by Crippen LogP contribution is -2.23. The molecule has 0 bridgehead atoms. The van der Waals surface area contributed by atoms with E-state index in [1.165, 1.54) is 42.4 Å². The Bertz CT molecular complexity index is 396. The Kier molecular flexibility index (Phi) is 5.41. The molecule has 0 heterocycles. The van der Waals surface area contributed by atoms with Crippen LogP contribution in [0.4, 0.5) is 0 Å². The molecule has 1 aromatic carbocycles. The molecule has 2 nitrogen and oxygen atoms in total. The Morgan fingerprint density at radius 1 is 1.21 bits per heavy atom. The summed E-state index contributed by atoms with van der Waals surface area (Å²) in [5, 5.41) is 3.37. The summed E-state index contributed by atoms with van der Waals surface area (Å²) in [5.74, 6) is 0.803. The number of aryl methyl sites for hydroxylation is 2. The van der Waals surface area contributed by atoms with Crippen LogP contribution < -0.4 is 5.32 Å². The zero-order chi connectivity index (χ0) is 13.7. The minimum atomic E-state index is 0.306. The number of likely N-dealkylation sites (N-methyl/N-ethyl adjacent to an activating group) is 1. The fourth-order valence-electron chi connectivity index (χ4n) is 2.86. The first-order chi connectivity index (χ1) is 9.20. The van der Waals surface area contributed by atoms with E-state index in [0.29, 0.717) is 6.04 Å². The highest BCUT2D eigenvalue weighted by atomic mass is 16.5. The molecule has 0 radical (unpaired) electrons. The number of benzene rings is 1. The van der Waals surface area contributed by atoms with Gasteiger partial charge in [0.15, 0.2) is 0 Å². The molecule has 0 aliphatic heterocycles. The summed E-state index contributed by atoms with van der Waals surface area (Å²) < 4.78 is 5.93. The van der Waals surface area contributed by atoms with Gasteiger partial charge in [0, 0.05) is 6.61 Å². The molecule has 106 valence electrons. The first kappa shape index (κ1) is 14.5. The molecule has 1 fully saturated rings. The minimum Gasteiger partial charge on any atom is -0.379 e. The van der Waals surface area contributed by atoms with Crippen molar-refractivity contribution in [2.24, 2.45) is 5.92 Å². The Morgan fingerprint density at radius 2 is 1.95 bits per heavy atom. The summed E-state index contributed by atoms with van der Waals surface area (Å²) in [6, 6.07) is 6.99. The molecule has 1 unspecified atom stereocenters. The van der Waals surface area contributed by atoms with Crippen LogP contribution in [0.25, 0.3) is 0 Å². The summed E-state index contributed by atoms with van der Waals surface area (Å²) in [5.41, 5.74) is 4.04. The zero-order valence-corrected chi connectivity index (χ0v) is 12.5. The van der Waals surface area contributed by atoms with Gasteiger partial charge in [0.25, 0.3) is 0 Å². The number of hydrogen-bond donors (Lipinski definition) is 1. The van der Waals surface area contributed by atoms with Crippen molar-refractivity contribution in [2.45, 2.75) is 45.6 Å². The van der Waals surface area contributed by atoms with E-state index in [1.54, 1.807) is 0 Å². The van der Waals surface area contributed by atoms with Crippen LogP contribution in [0.1, 0.15) is 48.4 Å². The lowest BCUT2D eigenvalue weighted by atomic mass is 10.0. The van der Waals surface area contributed by atoms with Gasteiger partial charge in [-0.2, -0.15) is 0 Å². The molecular weight excluding hydrogens is 234 g/mol. The molecule has 0 aromatic heterocycles. The Hall–Kier alpha value is -0.860. The standard InChI is InChI=1S/C17H27NO/c1-13-8-9-16(10-14(13)2)17(18-3)12-19-11-15-6-4-5-7-15/h8-10,15,17-18H,4-7,11-12H2,1-3H3. The maximum absolute atomic E-state index is 5.93. The van der Waals surface area contributed by atoms with Gasteiger partial charge in [-0.25, -0.2) is 0 Å². The van der Waals surface area contributed by atoms with Crippen molar-refractivity contribution in [1.29, 1.82) is 0 Å². The monoisotopic (exact) mass is 261 g/mol. The lowest BCUT2D eigenvalue weighted by Gasteiger charge is -2.19. The molecule has 19 heavy (non-hydrogen) atoms. The molecule has 2 rings (SSSR count). The first-order valence-corrected chi connectivity index (χ1v) is 7.53. The van der Waals surface area contributed by atoms with E-state index in [2.05, 4.69) is 37.4 Å². The molecular formula is C17H27NO. The third-order valence-electron chi connectivity index (χ3n) is 4.39. The average Bonchev–Trinajstić information content (AvgIpc) is 2.91. The number of nitrogens with one attached hydrogen (secondary N) is 1. The van der Waals surface area contributed by atoms with Crippen molar-refractivity contribution in [3.05, 3.63) is 34.9 Å². The van der Waals surface area contributed by atoms with Crippen LogP contribution in [0.5, 0.6) is 0 Å². The van der Waals surface area contributed by atoms with Crippen molar-refractivity contribution in [2.75, 3.05) is 20.3 Å². The van der Waals surface area contributed by atoms with Gasteiger partial charge in [-0.1, -0.05) is 31.0 Å². The van der Waals surface area contributed by atoms with E-state index in [4.69, 9.17) is 4.74 Å². The molecule has 0 saturated heterocycles. The fourth-order valence-corrected chi connectivity index (χ4v) is 2.86. The first-order valence-electron chi connectivity index (χ1n) is 7.53. The molecule has 1 aliphatic rings. The lowest BCUT2D eigenvalue weighted by molar-refractivity contribution is 0.0844. The average molecular weight is 261 g/mol. The molecule has 1 aliphatic carbocycles. The Morgan fingerprint density at radius 3 is 2.58 bits per heavy atom. The highest BCUT2D eigenvalue weighted by molar-refractivity contribution is 5.31. The Balaban J connectivity index is 1.86. The van der Waals surface area contributed by atoms with Gasteiger partial charge in [-0.05, 0) is 56.3 Å². The van der Waals surface area contributed by atoms with Crippen LogP contribution >= 0.6 is 0 Å². The topological polar surface area (TPSA) is 21.3 Å². The number of hydrogen-bond acceptors (Lipinski definition) is 2. The molecule has 0 amide bonds. The summed E-state index contributed by atoms with van der Waals surface area (Å²) in [6.45, 7) is 6.04. The number of ether oxygens (including phenoxy) is 1. The summed E-state index contributed by atoms with van der Waals surface area (Å²) in [7, 11) is 2.01. The SMILES string of the molecule is CNC(COCC1CCCC1)c1ccc(C)c(C)c1. The van der Waals surface area contributed by atoms with E-state index < -0.39 is 0 Å². The minimum absolute atomic E-state index is 0.306.